The molecule has 0 amide bonds. The fraction of sp³-hybridized carbons (Fsp3) is 0.684. The van der Waals surface area contributed by atoms with Gasteiger partial charge in [0, 0.05) is 83.4 Å². The molecule has 2 aromatic rings. The highest BCUT2D eigenvalue weighted by molar-refractivity contribution is 5.12. The van der Waals surface area contributed by atoms with E-state index < -0.39 is 0 Å². The van der Waals surface area contributed by atoms with E-state index in [1.807, 2.05) is 35.9 Å². The number of rotatable bonds is 5. The van der Waals surface area contributed by atoms with Crippen LogP contribution in [-0.2, 0) is 27.1 Å². The molecular formula is C19H31N7. The maximum Gasteiger partial charge on any atom is 0.0534 e. The third-order valence-corrected chi connectivity index (χ3v) is 5.98. The Balaban J connectivity index is 1.51. The molecule has 142 valence electrons. The molecule has 2 aliphatic heterocycles. The first-order chi connectivity index (χ1) is 12.6. The van der Waals surface area contributed by atoms with Gasteiger partial charge in [0.15, 0.2) is 0 Å². The van der Waals surface area contributed by atoms with Crippen molar-refractivity contribution in [2.45, 2.75) is 31.5 Å². The Morgan fingerprint density at radius 2 is 1.54 bits per heavy atom. The van der Waals surface area contributed by atoms with E-state index in [0.29, 0.717) is 12.1 Å². The van der Waals surface area contributed by atoms with E-state index in [0.717, 1.165) is 19.5 Å². The summed E-state index contributed by atoms with van der Waals surface area (Å²) in [5, 5.41) is 8.73. The van der Waals surface area contributed by atoms with Crippen LogP contribution in [0.2, 0.25) is 0 Å². The molecule has 2 saturated heterocycles. The van der Waals surface area contributed by atoms with Gasteiger partial charge in [0.2, 0.25) is 0 Å². The van der Waals surface area contributed by atoms with Crippen molar-refractivity contribution in [1.29, 1.82) is 0 Å². The Morgan fingerprint density at radius 1 is 0.885 bits per heavy atom. The Labute approximate surface area is 156 Å². The van der Waals surface area contributed by atoms with Crippen molar-refractivity contribution in [2.75, 3.05) is 39.8 Å². The lowest BCUT2D eigenvalue weighted by molar-refractivity contribution is 0.0851. The number of hydrogen-bond acceptors (Lipinski definition) is 5. The lowest BCUT2D eigenvalue weighted by atomic mass is 9.99. The van der Waals surface area contributed by atoms with Crippen LogP contribution in [0.3, 0.4) is 0 Å². The first-order valence-electron chi connectivity index (χ1n) is 9.70. The lowest BCUT2D eigenvalue weighted by Crippen LogP contribution is -2.53. The molecule has 7 heteroatoms. The standard InChI is InChI=1S/C19H31N7/c1-22-6-8-25(9-7-22)18-4-5-26(15-17-12-21-24(3)14-17)19(18)10-16-11-20-23(2)13-16/h11-14,18-19H,4-10,15H2,1-3H3/t18-,19+/m1/s1. The van der Waals surface area contributed by atoms with Crippen LogP contribution in [0.5, 0.6) is 0 Å². The van der Waals surface area contributed by atoms with E-state index in [9.17, 15) is 0 Å². The summed E-state index contributed by atoms with van der Waals surface area (Å²) in [5.74, 6) is 0. The molecule has 0 N–H and O–H groups in total. The smallest absolute Gasteiger partial charge is 0.0534 e. The number of likely N-dealkylation sites (tertiary alicyclic amines) is 1. The predicted octanol–water partition coefficient (Wildman–Crippen LogP) is 0.587. The minimum Gasteiger partial charge on any atom is -0.304 e. The zero-order chi connectivity index (χ0) is 18.1. The van der Waals surface area contributed by atoms with Gasteiger partial charge in [-0.2, -0.15) is 10.2 Å². The molecule has 0 bridgehead atoms. The van der Waals surface area contributed by atoms with Gasteiger partial charge in [-0.25, -0.2) is 0 Å². The van der Waals surface area contributed by atoms with Gasteiger partial charge >= 0.3 is 0 Å². The second kappa shape index (κ2) is 7.50. The normalized spacial score (nSPS) is 26.0. The first kappa shape index (κ1) is 17.7. The van der Waals surface area contributed by atoms with Gasteiger partial charge in [-0.05, 0) is 25.5 Å². The molecule has 2 aliphatic rings. The summed E-state index contributed by atoms with van der Waals surface area (Å²) in [6.07, 6.45) is 10.7. The summed E-state index contributed by atoms with van der Waals surface area (Å²) in [5.41, 5.74) is 2.65. The molecule has 26 heavy (non-hydrogen) atoms. The molecule has 2 fully saturated rings. The number of aryl methyl sites for hydroxylation is 2. The van der Waals surface area contributed by atoms with E-state index in [4.69, 9.17) is 0 Å². The second-order valence-electron chi connectivity index (χ2n) is 7.98. The first-order valence-corrected chi connectivity index (χ1v) is 9.70. The Morgan fingerprint density at radius 3 is 2.15 bits per heavy atom. The molecule has 2 atom stereocenters. The molecular weight excluding hydrogens is 326 g/mol. The summed E-state index contributed by atoms with van der Waals surface area (Å²) in [6, 6.07) is 1.18. The van der Waals surface area contributed by atoms with Crippen molar-refractivity contribution in [3.8, 4) is 0 Å². The molecule has 0 unspecified atom stereocenters. The number of aromatic nitrogens is 4. The zero-order valence-corrected chi connectivity index (χ0v) is 16.3. The van der Waals surface area contributed by atoms with Crippen LogP contribution >= 0.6 is 0 Å². The van der Waals surface area contributed by atoms with Gasteiger partial charge in [0.25, 0.3) is 0 Å². The van der Waals surface area contributed by atoms with Crippen LogP contribution in [0.4, 0.5) is 0 Å². The van der Waals surface area contributed by atoms with Crippen LogP contribution in [0.25, 0.3) is 0 Å². The molecule has 0 saturated carbocycles. The van der Waals surface area contributed by atoms with E-state index in [2.05, 4.69) is 44.3 Å². The molecule has 0 aromatic carbocycles. The summed E-state index contributed by atoms with van der Waals surface area (Å²) in [7, 11) is 6.23. The van der Waals surface area contributed by atoms with Crippen molar-refractivity contribution in [2.24, 2.45) is 14.1 Å². The van der Waals surface area contributed by atoms with Gasteiger partial charge in [-0.1, -0.05) is 0 Å². The minimum atomic E-state index is 0.544. The van der Waals surface area contributed by atoms with E-state index in [-0.39, 0.29) is 0 Å². The maximum atomic E-state index is 4.38. The Kier molecular flexibility index (Phi) is 5.11. The van der Waals surface area contributed by atoms with Crippen LogP contribution in [0.15, 0.2) is 24.8 Å². The van der Waals surface area contributed by atoms with Gasteiger partial charge in [-0.15, -0.1) is 0 Å². The van der Waals surface area contributed by atoms with Crippen molar-refractivity contribution < 1.29 is 0 Å². The van der Waals surface area contributed by atoms with Crippen LogP contribution in [0, 0.1) is 0 Å². The average molecular weight is 358 g/mol. The van der Waals surface area contributed by atoms with E-state index in [1.165, 1.54) is 43.7 Å². The largest absolute Gasteiger partial charge is 0.304 e. The highest BCUT2D eigenvalue weighted by atomic mass is 15.3. The topological polar surface area (TPSA) is 45.4 Å². The van der Waals surface area contributed by atoms with Crippen LogP contribution in [0.1, 0.15) is 17.5 Å². The average Bonchev–Trinajstić information content (AvgIpc) is 3.32. The van der Waals surface area contributed by atoms with E-state index >= 15 is 0 Å². The maximum absolute atomic E-state index is 4.38. The summed E-state index contributed by atoms with van der Waals surface area (Å²) in [4.78, 5) is 7.83. The third kappa shape index (κ3) is 3.84. The highest BCUT2D eigenvalue weighted by Crippen LogP contribution is 2.28. The molecule has 2 aromatic heterocycles. The molecule has 0 radical (unpaired) electrons. The fourth-order valence-corrected chi connectivity index (χ4v) is 4.55. The lowest BCUT2D eigenvalue weighted by Gasteiger charge is -2.40. The van der Waals surface area contributed by atoms with Crippen molar-refractivity contribution in [3.05, 3.63) is 35.9 Å². The highest BCUT2D eigenvalue weighted by Gasteiger charge is 2.38. The van der Waals surface area contributed by atoms with Crippen molar-refractivity contribution >= 4 is 0 Å². The Bertz CT molecular complexity index is 713. The van der Waals surface area contributed by atoms with E-state index in [1.54, 1.807) is 0 Å². The number of hydrogen-bond donors (Lipinski definition) is 0. The molecule has 0 aliphatic carbocycles. The number of nitrogens with zero attached hydrogens (tertiary/aromatic N) is 7. The molecule has 7 nitrogen and oxygen atoms in total. The van der Waals surface area contributed by atoms with Gasteiger partial charge in [0.05, 0.1) is 12.4 Å². The number of piperazine rings is 1. The van der Waals surface area contributed by atoms with Crippen molar-refractivity contribution in [1.82, 2.24) is 34.3 Å². The second-order valence-corrected chi connectivity index (χ2v) is 7.98. The number of likely N-dealkylation sites (N-methyl/N-ethyl adjacent to an activating group) is 1. The summed E-state index contributed by atoms with van der Waals surface area (Å²) >= 11 is 0. The quantitative estimate of drug-likeness (QED) is 0.784. The summed E-state index contributed by atoms with van der Waals surface area (Å²) in [6.45, 7) is 6.88. The zero-order valence-electron chi connectivity index (χ0n) is 16.3. The molecule has 4 heterocycles. The summed E-state index contributed by atoms with van der Waals surface area (Å²) < 4.78 is 3.82. The predicted molar refractivity (Wildman–Crippen MR) is 102 cm³/mol. The Hall–Kier alpha value is -1.70. The van der Waals surface area contributed by atoms with Gasteiger partial charge in [0.1, 0.15) is 0 Å². The van der Waals surface area contributed by atoms with Crippen molar-refractivity contribution in [3.63, 3.8) is 0 Å². The molecule has 4 rings (SSSR count). The fourth-order valence-electron chi connectivity index (χ4n) is 4.55. The third-order valence-electron chi connectivity index (χ3n) is 5.98. The monoisotopic (exact) mass is 357 g/mol. The van der Waals surface area contributed by atoms with Gasteiger partial charge in [-0.3, -0.25) is 19.2 Å². The van der Waals surface area contributed by atoms with Gasteiger partial charge < -0.3 is 4.90 Å². The van der Waals surface area contributed by atoms with Crippen LogP contribution in [-0.4, -0.2) is 86.1 Å². The van der Waals surface area contributed by atoms with Crippen LogP contribution < -0.4 is 0 Å². The SMILES string of the molecule is CN1CCN([C@@H]2CCN(Cc3cnn(C)c3)[C@H]2Cc2cnn(C)c2)CC1. The molecule has 0 spiro atoms. The minimum absolute atomic E-state index is 0.544.